The highest BCUT2D eigenvalue weighted by atomic mass is 16.2. The van der Waals surface area contributed by atoms with Crippen molar-refractivity contribution in [1.82, 2.24) is 15.2 Å². The summed E-state index contributed by atoms with van der Waals surface area (Å²) in [6, 6.07) is 4.14. The minimum atomic E-state index is -0.0625. The average molecular weight is 259 g/mol. The smallest absolute Gasteiger partial charge is 0.226 e. The predicted molar refractivity (Wildman–Crippen MR) is 73.4 cm³/mol. The molecule has 0 unspecified atom stereocenters. The van der Waals surface area contributed by atoms with Crippen LogP contribution in [0.1, 0.15) is 31.2 Å². The first-order valence-electron chi connectivity index (χ1n) is 7.18. The van der Waals surface area contributed by atoms with Gasteiger partial charge < -0.3 is 5.32 Å². The van der Waals surface area contributed by atoms with Gasteiger partial charge in [-0.3, -0.25) is 14.7 Å². The number of carbonyl (C=O) groups is 1. The van der Waals surface area contributed by atoms with E-state index in [0.717, 1.165) is 51.9 Å². The lowest BCUT2D eigenvalue weighted by atomic mass is 9.79. The van der Waals surface area contributed by atoms with Gasteiger partial charge in [-0.25, -0.2) is 0 Å². The Hall–Kier alpha value is -1.42. The summed E-state index contributed by atoms with van der Waals surface area (Å²) in [4.78, 5) is 18.6. The van der Waals surface area contributed by atoms with Gasteiger partial charge >= 0.3 is 0 Å². The first-order valence-corrected chi connectivity index (χ1v) is 7.18. The van der Waals surface area contributed by atoms with E-state index in [0.29, 0.717) is 5.91 Å². The largest absolute Gasteiger partial charge is 0.356 e. The molecule has 19 heavy (non-hydrogen) atoms. The van der Waals surface area contributed by atoms with E-state index in [4.69, 9.17) is 0 Å². The Morgan fingerprint density at radius 3 is 2.79 bits per heavy atom. The number of pyridine rings is 1. The van der Waals surface area contributed by atoms with Crippen LogP contribution in [0.25, 0.3) is 0 Å². The second-order valence-corrected chi connectivity index (χ2v) is 5.77. The van der Waals surface area contributed by atoms with Gasteiger partial charge in [-0.2, -0.15) is 0 Å². The van der Waals surface area contributed by atoms with Gasteiger partial charge in [0.25, 0.3) is 0 Å². The number of rotatable bonds is 2. The summed E-state index contributed by atoms with van der Waals surface area (Å²) >= 11 is 0. The Balaban J connectivity index is 1.63. The van der Waals surface area contributed by atoms with E-state index < -0.39 is 0 Å². The number of aromatic nitrogens is 1. The van der Waals surface area contributed by atoms with Gasteiger partial charge in [-0.1, -0.05) is 0 Å². The predicted octanol–water partition coefficient (Wildman–Crippen LogP) is 1.57. The molecule has 2 saturated heterocycles. The Morgan fingerprint density at radius 1 is 1.21 bits per heavy atom. The molecule has 0 aliphatic carbocycles. The standard InChI is InChI=1S/C15H21N3O/c19-14-15(5-9-17-14)4-1-10-18(11-6-15)12-13-2-7-16-8-3-13/h2-3,7-8H,1,4-6,9-12H2,(H,17,19)/t15-/m1/s1. The molecule has 0 radical (unpaired) electrons. The van der Waals surface area contributed by atoms with Crippen LogP contribution < -0.4 is 5.32 Å². The monoisotopic (exact) mass is 259 g/mol. The summed E-state index contributed by atoms with van der Waals surface area (Å²) in [5, 5.41) is 3.01. The Bertz CT molecular complexity index is 448. The van der Waals surface area contributed by atoms with Crippen molar-refractivity contribution < 1.29 is 4.79 Å². The van der Waals surface area contributed by atoms with Gasteiger partial charge in [0.1, 0.15) is 0 Å². The average Bonchev–Trinajstić information content (AvgIpc) is 2.66. The topological polar surface area (TPSA) is 45.2 Å². The second kappa shape index (κ2) is 5.29. The summed E-state index contributed by atoms with van der Waals surface area (Å²) in [5.74, 6) is 0.290. The Kier molecular flexibility index (Phi) is 3.51. The molecule has 0 bridgehead atoms. The molecule has 1 aromatic rings. The highest BCUT2D eigenvalue weighted by Gasteiger charge is 2.42. The first kappa shape index (κ1) is 12.6. The number of amides is 1. The van der Waals surface area contributed by atoms with Gasteiger partial charge in [0.15, 0.2) is 0 Å². The minimum absolute atomic E-state index is 0.0625. The lowest BCUT2D eigenvalue weighted by Gasteiger charge is -2.24. The van der Waals surface area contributed by atoms with Crippen LogP contribution in [0.4, 0.5) is 0 Å². The number of likely N-dealkylation sites (tertiary alicyclic amines) is 1. The zero-order chi connectivity index (χ0) is 13.1. The van der Waals surface area contributed by atoms with Crippen molar-refractivity contribution in [2.75, 3.05) is 19.6 Å². The number of carbonyl (C=O) groups excluding carboxylic acids is 1. The molecule has 4 heteroatoms. The van der Waals surface area contributed by atoms with Crippen LogP contribution in [0.2, 0.25) is 0 Å². The van der Waals surface area contributed by atoms with Crippen molar-refractivity contribution in [3.05, 3.63) is 30.1 Å². The summed E-state index contributed by atoms with van der Waals surface area (Å²) in [6.45, 7) is 3.95. The highest BCUT2D eigenvalue weighted by Crippen LogP contribution is 2.38. The maximum absolute atomic E-state index is 12.0. The lowest BCUT2D eigenvalue weighted by Crippen LogP contribution is -2.32. The molecule has 2 aliphatic heterocycles. The van der Waals surface area contributed by atoms with Crippen LogP contribution in [-0.4, -0.2) is 35.4 Å². The van der Waals surface area contributed by atoms with E-state index in [1.54, 1.807) is 0 Å². The van der Waals surface area contributed by atoms with E-state index in [1.807, 2.05) is 12.4 Å². The van der Waals surface area contributed by atoms with Gasteiger partial charge in [-0.15, -0.1) is 0 Å². The molecule has 0 saturated carbocycles. The third kappa shape index (κ3) is 2.63. The highest BCUT2D eigenvalue weighted by molar-refractivity contribution is 5.84. The van der Waals surface area contributed by atoms with E-state index in [9.17, 15) is 4.79 Å². The second-order valence-electron chi connectivity index (χ2n) is 5.77. The Labute approximate surface area is 114 Å². The molecule has 1 atom stereocenters. The van der Waals surface area contributed by atoms with Gasteiger partial charge in [-0.05, 0) is 56.5 Å². The van der Waals surface area contributed by atoms with Crippen LogP contribution in [0, 0.1) is 5.41 Å². The van der Waals surface area contributed by atoms with Crippen molar-refractivity contribution in [2.24, 2.45) is 5.41 Å². The van der Waals surface area contributed by atoms with Crippen molar-refractivity contribution in [3.63, 3.8) is 0 Å². The van der Waals surface area contributed by atoms with Crippen LogP contribution in [0.3, 0.4) is 0 Å². The van der Waals surface area contributed by atoms with Crippen LogP contribution >= 0.6 is 0 Å². The van der Waals surface area contributed by atoms with Crippen molar-refractivity contribution in [3.8, 4) is 0 Å². The maximum Gasteiger partial charge on any atom is 0.226 e. The van der Waals surface area contributed by atoms with Gasteiger partial charge in [0.05, 0.1) is 5.41 Å². The molecule has 2 aliphatic rings. The molecule has 2 fully saturated rings. The fraction of sp³-hybridized carbons (Fsp3) is 0.600. The van der Waals surface area contributed by atoms with Crippen LogP contribution in [0.5, 0.6) is 0 Å². The summed E-state index contributed by atoms with van der Waals surface area (Å²) < 4.78 is 0. The summed E-state index contributed by atoms with van der Waals surface area (Å²) in [5.41, 5.74) is 1.24. The van der Waals surface area contributed by atoms with Gasteiger partial charge in [0.2, 0.25) is 5.91 Å². The third-order valence-electron chi connectivity index (χ3n) is 4.56. The van der Waals surface area contributed by atoms with Crippen molar-refractivity contribution in [1.29, 1.82) is 0 Å². The quantitative estimate of drug-likeness (QED) is 0.877. The zero-order valence-corrected chi connectivity index (χ0v) is 11.3. The minimum Gasteiger partial charge on any atom is -0.356 e. The molecule has 3 heterocycles. The van der Waals surface area contributed by atoms with E-state index >= 15 is 0 Å². The zero-order valence-electron chi connectivity index (χ0n) is 11.3. The fourth-order valence-electron chi connectivity index (χ4n) is 3.35. The molecular weight excluding hydrogens is 238 g/mol. The number of hydrogen-bond donors (Lipinski definition) is 1. The molecule has 1 amide bonds. The van der Waals surface area contributed by atoms with Crippen LogP contribution in [-0.2, 0) is 11.3 Å². The molecule has 1 aromatic heterocycles. The van der Waals surface area contributed by atoms with Crippen molar-refractivity contribution in [2.45, 2.75) is 32.2 Å². The molecule has 0 aromatic carbocycles. The molecule has 1 spiro atoms. The number of nitrogens with zero attached hydrogens (tertiary/aromatic N) is 2. The van der Waals surface area contributed by atoms with Gasteiger partial charge in [0, 0.05) is 25.5 Å². The first-order chi connectivity index (χ1) is 9.28. The van der Waals surface area contributed by atoms with Crippen molar-refractivity contribution >= 4 is 5.91 Å². The lowest BCUT2D eigenvalue weighted by molar-refractivity contribution is -0.128. The number of nitrogens with one attached hydrogen (secondary N) is 1. The van der Waals surface area contributed by atoms with E-state index in [2.05, 4.69) is 27.3 Å². The van der Waals surface area contributed by atoms with E-state index in [-0.39, 0.29) is 5.41 Å². The normalized spacial score (nSPS) is 28.3. The van der Waals surface area contributed by atoms with Crippen LogP contribution in [0.15, 0.2) is 24.5 Å². The molecule has 1 N–H and O–H groups in total. The maximum atomic E-state index is 12.0. The molecular formula is C15H21N3O. The molecule has 102 valence electrons. The summed E-state index contributed by atoms with van der Waals surface area (Å²) in [7, 11) is 0. The number of hydrogen-bond acceptors (Lipinski definition) is 3. The summed E-state index contributed by atoms with van der Waals surface area (Å²) in [6.07, 6.45) is 7.89. The van der Waals surface area contributed by atoms with E-state index in [1.165, 1.54) is 5.56 Å². The molecule has 3 rings (SSSR count). The molecule has 4 nitrogen and oxygen atoms in total. The Morgan fingerprint density at radius 2 is 2.05 bits per heavy atom. The fourth-order valence-corrected chi connectivity index (χ4v) is 3.35. The SMILES string of the molecule is O=C1NCC[C@@]12CCCN(Cc1ccncc1)CC2. The third-order valence-corrected chi connectivity index (χ3v) is 4.56.